The monoisotopic (exact) mass is 247 g/mol. The number of fused-ring (bicyclic) bond motifs is 1. The zero-order chi connectivity index (χ0) is 11.9. The molecule has 1 aromatic carbocycles. The number of carbonyl (C=O) groups is 1. The molecule has 2 rings (SSSR count). The first-order valence-electron chi connectivity index (χ1n) is 4.09. The van der Waals surface area contributed by atoms with E-state index in [1.165, 1.54) is 18.2 Å². The minimum atomic E-state index is -4.54. The SMILES string of the molecule is O=C(O)c1cccc2sc(C(F)(F)F)nc12. The van der Waals surface area contributed by atoms with E-state index in [2.05, 4.69) is 4.98 Å². The summed E-state index contributed by atoms with van der Waals surface area (Å²) in [7, 11) is 0. The molecule has 0 atom stereocenters. The summed E-state index contributed by atoms with van der Waals surface area (Å²) in [4.78, 5) is 14.1. The van der Waals surface area contributed by atoms with E-state index in [0.29, 0.717) is 11.3 Å². The van der Waals surface area contributed by atoms with Gasteiger partial charge in [-0.05, 0) is 12.1 Å². The summed E-state index contributed by atoms with van der Waals surface area (Å²) in [6.45, 7) is 0. The number of thiazole rings is 1. The number of hydrogen-bond acceptors (Lipinski definition) is 3. The molecular formula is C9H4F3NO2S. The van der Waals surface area contributed by atoms with Gasteiger partial charge in [0.05, 0.1) is 15.8 Å². The maximum absolute atomic E-state index is 12.4. The Kier molecular flexibility index (Phi) is 2.34. The summed E-state index contributed by atoms with van der Waals surface area (Å²) in [5, 5.41) is 7.75. The number of aromatic nitrogens is 1. The highest BCUT2D eigenvalue weighted by Gasteiger charge is 2.35. The second-order valence-electron chi connectivity index (χ2n) is 2.97. The summed E-state index contributed by atoms with van der Waals surface area (Å²) in [6, 6.07) is 4.03. The van der Waals surface area contributed by atoms with Gasteiger partial charge in [0.2, 0.25) is 0 Å². The first-order valence-corrected chi connectivity index (χ1v) is 4.91. The molecule has 0 aliphatic carbocycles. The van der Waals surface area contributed by atoms with Gasteiger partial charge < -0.3 is 5.11 Å². The smallest absolute Gasteiger partial charge is 0.443 e. The molecule has 0 aliphatic rings. The summed E-state index contributed by atoms with van der Waals surface area (Å²) in [5.74, 6) is -1.29. The summed E-state index contributed by atoms with van der Waals surface area (Å²) < 4.78 is 37.3. The van der Waals surface area contributed by atoms with Gasteiger partial charge in [-0.15, -0.1) is 11.3 Å². The highest BCUT2D eigenvalue weighted by Crippen LogP contribution is 2.36. The molecule has 3 nitrogen and oxygen atoms in total. The highest BCUT2D eigenvalue weighted by molar-refractivity contribution is 7.18. The molecule has 16 heavy (non-hydrogen) atoms. The van der Waals surface area contributed by atoms with Gasteiger partial charge in [0.1, 0.15) is 0 Å². The van der Waals surface area contributed by atoms with Crippen molar-refractivity contribution >= 4 is 27.5 Å². The number of alkyl halides is 3. The molecule has 0 saturated carbocycles. The van der Waals surface area contributed by atoms with E-state index in [4.69, 9.17) is 5.11 Å². The van der Waals surface area contributed by atoms with Gasteiger partial charge in [0.25, 0.3) is 0 Å². The van der Waals surface area contributed by atoms with Crippen LogP contribution in [0.1, 0.15) is 15.4 Å². The van der Waals surface area contributed by atoms with Gasteiger partial charge >= 0.3 is 12.1 Å². The molecule has 2 aromatic rings. The molecule has 0 bridgehead atoms. The quantitative estimate of drug-likeness (QED) is 0.842. The fourth-order valence-electron chi connectivity index (χ4n) is 1.24. The number of rotatable bonds is 1. The van der Waals surface area contributed by atoms with Crippen LogP contribution in [0.4, 0.5) is 13.2 Å². The van der Waals surface area contributed by atoms with E-state index in [0.717, 1.165) is 0 Å². The summed E-state index contributed by atoms with van der Waals surface area (Å²) in [6.07, 6.45) is -4.54. The third kappa shape index (κ3) is 1.73. The van der Waals surface area contributed by atoms with Gasteiger partial charge in [-0.25, -0.2) is 9.78 Å². The lowest BCUT2D eigenvalue weighted by Gasteiger charge is -1.98. The van der Waals surface area contributed by atoms with Crippen LogP contribution < -0.4 is 0 Å². The van der Waals surface area contributed by atoms with Crippen LogP contribution in [0.3, 0.4) is 0 Å². The van der Waals surface area contributed by atoms with Crippen LogP contribution >= 0.6 is 11.3 Å². The van der Waals surface area contributed by atoms with Crippen LogP contribution in [0.5, 0.6) is 0 Å². The predicted octanol–water partition coefficient (Wildman–Crippen LogP) is 3.01. The van der Waals surface area contributed by atoms with Gasteiger partial charge in [-0.3, -0.25) is 0 Å². The molecule has 1 heterocycles. The molecule has 84 valence electrons. The predicted molar refractivity (Wildman–Crippen MR) is 51.6 cm³/mol. The average molecular weight is 247 g/mol. The van der Waals surface area contributed by atoms with Crippen LogP contribution in [0.25, 0.3) is 10.2 Å². The van der Waals surface area contributed by atoms with Crippen molar-refractivity contribution in [1.29, 1.82) is 0 Å². The third-order valence-electron chi connectivity index (χ3n) is 1.89. The van der Waals surface area contributed by atoms with E-state index in [1.54, 1.807) is 0 Å². The van der Waals surface area contributed by atoms with Crippen LogP contribution in [0.2, 0.25) is 0 Å². The maximum atomic E-state index is 12.4. The molecule has 7 heteroatoms. The Morgan fingerprint density at radius 3 is 2.62 bits per heavy atom. The molecule has 1 N–H and O–H groups in total. The Balaban J connectivity index is 2.71. The van der Waals surface area contributed by atoms with Crippen molar-refractivity contribution in [2.45, 2.75) is 6.18 Å². The topological polar surface area (TPSA) is 50.2 Å². The van der Waals surface area contributed by atoms with Gasteiger partial charge in [-0.2, -0.15) is 13.2 Å². The zero-order valence-corrected chi connectivity index (χ0v) is 8.39. The number of carboxylic acid groups (broad SMARTS) is 1. The summed E-state index contributed by atoms with van der Waals surface area (Å²) in [5.41, 5.74) is -0.337. The Labute approximate surface area is 91.2 Å². The number of benzene rings is 1. The third-order valence-corrected chi connectivity index (χ3v) is 2.96. The minimum absolute atomic E-state index is 0.118. The van der Waals surface area contributed by atoms with E-state index < -0.39 is 17.2 Å². The van der Waals surface area contributed by atoms with E-state index in [1.807, 2.05) is 0 Å². The van der Waals surface area contributed by atoms with Gasteiger partial charge in [0.15, 0.2) is 5.01 Å². The Bertz CT molecular complexity index is 561. The lowest BCUT2D eigenvalue weighted by atomic mass is 10.2. The van der Waals surface area contributed by atoms with Crippen molar-refractivity contribution < 1.29 is 23.1 Å². The Morgan fingerprint density at radius 1 is 1.38 bits per heavy atom. The second kappa shape index (κ2) is 3.44. The molecule has 0 fully saturated rings. The number of hydrogen-bond donors (Lipinski definition) is 1. The van der Waals surface area contributed by atoms with E-state index in [-0.39, 0.29) is 15.8 Å². The Hall–Kier alpha value is -1.63. The van der Waals surface area contributed by atoms with E-state index in [9.17, 15) is 18.0 Å². The fraction of sp³-hybridized carbons (Fsp3) is 0.111. The van der Waals surface area contributed by atoms with Crippen molar-refractivity contribution in [3.63, 3.8) is 0 Å². The molecule has 0 spiro atoms. The molecule has 0 unspecified atom stereocenters. The van der Waals surface area contributed by atoms with Crippen LogP contribution in [-0.4, -0.2) is 16.1 Å². The van der Waals surface area contributed by atoms with Crippen molar-refractivity contribution in [3.05, 3.63) is 28.8 Å². The van der Waals surface area contributed by atoms with E-state index >= 15 is 0 Å². The van der Waals surface area contributed by atoms with Crippen molar-refractivity contribution in [1.82, 2.24) is 4.98 Å². The first kappa shape index (κ1) is 10.9. The standard InChI is InChI=1S/C9H4F3NO2S/c10-9(11,12)8-13-6-4(7(14)15)2-1-3-5(6)16-8/h1-3H,(H,14,15). The average Bonchev–Trinajstić information content (AvgIpc) is 2.59. The van der Waals surface area contributed by atoms with Crippen molar-refractivity contribution in [2.24, 2.45) is 0 Å². The molecule has 1 aromatic heterocycles. The molecule has 0 saturated heterocycles. The second-order valence-corrected chi connectivity index (χ2v) is 4.00. The van der Waals surface area contributed by atoms with Crippen molar-refractivity contribution in [2.75, 3.05) is 0 Å². The van der Waals surface area contributed by atoms with Crippen molar-refractivity contribution in [3.8, 4) is 0 Å². The molecular weight excluding hydrogens is 243 g/mol. The number of para-hydroxylation sites is 1. The maximum Gasteiger partial charge on any atom is 0.443 e. The number of nitrogens with zero attached hydrogens (tertiary/aromatic N) is 1. The molecule has 0 radical (unpaired) electrons. The Morgan fingerprint density at radius 2 is 2.06 bits per heavy atom. The lowest BCUT2D eigenvalue weighted by molar-refractivity contribution is -0.137. The zero-order valence-electron chi connectivity index (χ0n) is 7.58. The van der Waals surface area contributed by atoms with Crippen LogP contribution in [-0.2, 0) is 6.18 Å². The number of halogens is 3. The van der Waals surface area contributed by atoms with Crippen LogP contribution in [0, 0.1) is 0 Å². The number of carboxylic acids is 1. The van der Waals surface area contributed by atoms with Gasteiger partial charge in [-0.1, -0.05) is 6.07 Å². The molecule has 0 aliphatic heterocycles. The normalized spacial score (nSPS) is 11.9. The van der Waals surface area contributed by atoms with Gasteiger partial charge in [0, 0.05) is 0 Å². The lowest BCUT2D eigenvalue weighted by Crippen LogP contribution is -2.04. The highest BCUT2D eigenvalue weighted by atomic mass is 32.1. The largest absolute Gasteiger partial charge is 0.478 e. The summed E-state index contributed by atoms with van der Waals surface area (Å²) >= 11 is 0.436. The fourth-order valence-corrected chi connectivity index (χ4v) is 2.10. The molecule has 0 amide bonds. The minimum Gasteiger partial charge on any atom is -0.478 e. The number of aromatic carboxylic acids is 1. The van der Waals surface area contributed by atoms with Crippen LogP contribution in [0.15, 0.2) is 18.2 Å². The first-order chi connectivity index (χ1) is 7.39.